The van der Waals surface area contributed by atoms with Crippen LogP contribution in [0.2, 0.25) is 0 Å². The van der Waals surface area contributed by atoms with Crippen molar-refractivity contribution in [1.82, 2.24) is 20.2 Å². The van der Waals surface area contributed by atoms with E-state index < -0.39 is 0 Å². The van der Waals surface area contributed by atoms with Gasteiger partial charge in [0.1, 0.15) is 5.75 Å². The first-order valence-corrected chi connectivity index (χ1v) is 8.35. The minimum absolute atomic E-state index is 0.0280. The number of hydrogen-bond acceptors (Lipinski definition) is 5. The zero-order chi connectivity index (χ0) is 17.8. The van der Waals surface area contributed by atoms with E-state index >= 15 is 0 Å². The molecule has 2 aromatic rings. The first kappa shape index (κ1) is 17.4. The summed E-state index contributed by atoms with van der Waals surface area (Å²) in [6.07, 6.45) is 4.54. The second-order valence-corrected chi connectivity index (χ2v) is 6.16. The Morgan fingerprint density at radius 1 is 1.40 bits per heavy atom. The Hall–Kier alpha value is -2.38. The van der Waals surface area contributed by atoms with Crippen LogP contribution in [-0.4, -0.2) is 54.9 Å². The third kappa shape index (κ3) is 3.83. The van der Waals surface area contributed by atoms with E-state index in [4.69, 9.17) is 9.47 Å². The summed E-state index contributed by atoms with van der Waals surface area (Å²) in [4.78, 5) is 16.9. The van der Waals surface area contributed by atoms with Crippen molar-refractivity contribution in [3.63, 3.8) is 0 Å². The van der Waals surface area contributed by atoms with Gasteiger partial charge in [0, 0.05) is 25.4 Å². The van der Waals surface area contributed by atoms with Gasteiger partial charge in [-0.2, -0.15) is 0 Å². The molecule has 1 aromatic carbocycles. The fraction of sp³-hybridized carbons (Fsp3) is 0.444. The third-order valence-electron chi connectivity index (χ3n) is 4.47. The zero-order valence-electron chi connectivity index (χ0n) is 14.8. The summed E-state index contributed by atoms with van der Waals surface area (Å²) in [5.41, 5.74) is 2.31. The van der Waals surface area contributed by atoms with Crippen LogP contribution in [-0.2, 0) is 4.74 Å². The molecular weight excluding hydrogens is 320 g/mol. The largest absolute Gasteiger partial charge is 0.495 e. The van der Waals surface area contributed by atoms with Crippen molar-refractivity contribution >= 4 is 5.91 Å². The number of nitrogens with zero attached hydrogens (tertiary/aromatic N) is 2. The van der Waals surface area contributed by atoms with Gasteiger partial charge in [-0.1, -0.05) is 0 Å². The van der Waals surface area contributed by atoms with Crippen molar-refractivity contribution < 1.29 is 14.3 Å². The van der Waals surface area contributed by atoms with Gasteiger partial charge in [0.2, 0.25) is 0 Å². The molecule has 134 valence electrons. The number of carbonyl (C=O) groups is 1. The lowest BCUT2D eigenvalue weighted by Crippen LogP contribution is -2.54. The van der Waals surface area contributed by atoms with Gasteiger partial charge in [0.15, 0.2) is 0 Å². The van der Waals surface area contributed by atoms with Crippen molar-refractivity contribution in [3.05, 3.63) is 42.0 Å². The van der Waals surface area contributed by atoms with Crippen LogP contribution >= 0.6 is 0 Å². The fourth-order valence-corrected chi connectivity index (χ4v) is 3.10. The minimum Gasteiger partial charge on any atom is -0.495 e. The highest BCUT2D eigenvalue weighted by Gasteiger charge is 2.26. The number of carbonyl (C=O) groups excluding carboxylic acids is 1. The molecule has 1 amide bonds. The molecule has 1 fully saturated rings. The molecule has 1 aliphatic rings. The molecule has 0 radical (unpaired) electrons. The average Bonchev–Trinajstić information content (AvgIpc) is 3.07. The predicted octanol–water partition coefficient (Wildman–Crippen LogP) is 1.30. The van der Waals surface area contributed by atoms with E-state index in [0.717, 1.165) is 24.3 Å². The van der Waals surface area contributed by atoms with Gasteiger partial charge in [-0.25, -0.2) is 4.98 Å². The number of rotatable bonds is 5. The molecule has 2 atom stereocenters. The molecule has 7 nitrogen and oxygen atoms in total. The van der Waals surface area contributed by atoms with Crippen molar-refractivity contribution in [2.45, 2.75) is 25.5 Å². The summed E-state index contributed by atoms with van der Waals surface area (Å²) in [5, 5.41) is 6.33. The van der Waals surface area contributed by atoms with Crippen LogP contribution < -0.4 is 15.4 Å². The van der Waals surface area contributed by atoms with Gasteiger partial charge < -0.3 is 24.7 Å². The van der Waals surface area contributed by atoms with E-state index in [1.54, 1.807) is 32.7 Å². The predicted molar refractivity (Wildman–Crippen MR) is 94.4 cm³/mol. The van der Waals surface area contributed by atoms with Crippen LogP contribution in [0.25, 0.3) is 5.69 Å². The van der Waals surface area contributed by atoms with Gasteiger partial charge in [0.05, 0.1) is 37.0 Å². The molecule has 7 heteroatoms. The SMILES string of the molecule is COc1cc(C(=O)N[C@@H]2CNCC[C@@H]2OC)ccc1-n1cnc(C)c1. The van der Waals surface area contributed by atoms with E-state index in [9.17, 15) is 4.79 Å². The van der Waals surface area contributed by atoms with Gasteiger partial charge in [-0.15, -0.1) is 0 Å². The molecule has 1 aromatic heterocycles. The molecule has 0 bridgehead atoms. The number of nitrogens with one attached hydrogen (secondary N) is 2. The minimum atomic E-state index is -0.137. The molecule has 1 aliphatic heterocycles. The van der Waals surface area contributed by atoms with Crippen molar-refractivity contribution in [1.29, 1.82) is 0 Å². The average molecular weight is 344 g/mol. The maximum absolute atomic E-state index is 12.6. The standard InChI is InChI=1S/C18H24N4O3/c1-12-10-22(11-20-12)15-5-4-13(8-17(15)25-3)18(23)21-14-9-19-7-6-16(14)24-2/h4-5,8,10-11,14,16,19H,6-7,9H2,1-3H3,(H,21,23)/t14-,16+/m1/s1. The molecule has 2 N–H and O–H groups in total. The van der Waals surface area contributed by atoms with Crippen molar-refractivity contribution in [2.24, 2.45) is 0 Å². The summed E-state index contributed by atoms with van der Waals surface area (Å²) < 4.78 is 12.8. The number of aryl methyl sites for hydroxylation is 1. The summed E-state index contributed by atoms with van der Waals surface area (Å²) in [5.74, 6) is 0.484. The maximum Gasteiger partial charge on any atom is 0.251 e. The van der Waals surface area contributed by atoms with E-state index in [0.29, 0.717) is 17.9 Å². The highest BCUT2D eigenvalue weighted by atomic mass is 16.5. The number of amides is 1. The molecule has 0 saturated carbocycles. The lowest BCUT2D eigenvalue weighted by molar-refractivity contribution is 0.0448. The van der Waals surface area contributed by atoms with E-state index in [1.807, 2.05) is 23.8 Å². The summed E-state index contributed by atoms with van der Waals surface area (Å²) in [6, 6.07) is 5.36. The van der Waals surface area contributed by atoms with Gasteiger partial charge in [-0.05, 0) is 38.1 Å². The lowest BCUT2D eigenvalue weighted by Gasteiger charge is -2.31. The van der Waals surface area contributed by atoms with Gasteiger partial charge >= 0.3 is 0 Å². The number of ether oxygens (including phenoxy) is 2. The number of benzene rings is 1. The number of hydrogen-bond donors (Lipinski definition) is 2. The van der Waals surface area contributed by atoms with E-state index in [-0.39, 0.29) is 18.1 Å². The van der Waals surface area contributed by atoms with Crippen LogP contribution in [0.5, 0.6) is 5.75 Å². The Morgan fingerprint density at radius 3 is 2.92 bits per heavy atom. The summed E-state index contributed by atoms with van der Waals surface area (Å²) >= 11 is 0. The first-order chi connectivity index (χ1) is 12.1. The van der Waals surface area contributed by atoms with Gasteiger partial charge in [-0.3, -0.25) is 4.79 Å². The van der Waals surface area contributed by atoms with Crippen LogP contribution in [0.1, 0.15) is 22.5 Å². The Kier molecular flexibility index (Phi) is 5.35. The van der Waals surface area contributed by atoms with Crippen molar-refractivity contribution in [3.8, 4) is 11.4 Å². The summed E-state index contributed by atoms with van der Waals surface area (Å²) in [6.45, 7) is 3.53. The van der Waals surface area contributed by atoms with Gasteiger partial charge in [0.25, 0.3) is 5.91 Å². The quantitative estimate of drug-likeness (QED) is 0.855. The Labute approximate surface area is 147 Å². The second-order valence-electron chi connectivity index (χ2n) is 6.16. The van der Waals surface area contributed by atoms with Crippen LogP contribution in [0, 0.1) is 6.92 Å². The highest BCUT2D eigenvalue weighted by Crippen LogP contribution is 2.24. The maximum atomic E-state index is 12.6. The molecular formula is C18H24N4O3. The molecule has 0 unspecified atom stereocenters. The number of methoxy groups -OCH3 is 2. The van der Waals surface area contributed by atoms with Crippen LogP contribution in [0.3, 0.4) is 0 Å². The van der Waals surface area contributed by atoms with Crippen LogP contribution in [0.15, 0.2) is 30.7 Å². The van der Waals surface area contributed by atoms with Crippen molar-refractivity contribution in [2.75, 3.05) is 27.3 Å². The smallest absolute Gasteiger partial charge is 0.251 e. The molecule has 0 spiro atoms. The number of imidazole rings is 1. The first-order valence-electron chi connectivity index (χ1n) is 8.35. The molecule has 2 heterocycles. The summed E-state index contributed by atoms with van der Waals surface area (Å²) in [7, 11) is 3.27. The van der Waals surface area contributed by atoms with E-state index in [1.165, 1.54) is 0 Å². The Morgan fingerprint density at radius 2 is 2.24 bits per heavy atom. The zero-order valence-corrected chi connectivity index (χ0v) is 14.8. The topological polar surface area (TPSA) is 77.4 Å². The highest BCUT2D eigenvalue weighted by molar-refractivity contribution is 5.95. The normalized spacial score (nSPS) is 20.3. The molecule has 0 aliphatic carbocycles. The molecule has 3 rings (SSSR count). The Bertz CT molecular complexity index is 744. The number of piperidine rings is 1. The lowest BCUT2D eigenvalue weighted by atomic mass is 10.0. The molecule has 1 saturated heterocycles. The monoisotopic (exact) mass is 344 g/mol. The number of aromatic nitrogens is 2. The molecule has 25 heavy (non-hydrogen) atoms. The fourth-order valence-electron chi connectivity index (χ4n) is 3.10. The Balaban J connectivity index is 1.79. The van der Waals surface area contributed by atoms with E-state index in [2.05, 4.69) is 15.6 Å². The third-order valence-corrected chi connectivity index (χ3v) is 4.47. The second kappa shape index (κ2) is 7.67. The van der Waals surface area contributed by atoms with Crippen LogP contribution in [0.4, 0.5) is 0 Å².